The van der Waals surface area contributed by atoms with Crippen LogP contribution in [0, 0.1) is 0 Å². The number of carboxylic acids is 2. The van der Waals surface area contributed by atoms with Gasteiger partial charge in [0.15, 0.2) is 0 Å². The Hall–Kier alpha value is -0.377. The van der Waals surface area contributed by atoms with Gasteiger partial charge in [0.1, 0.15) is 0 Å². The minimum Gasteiger partial charge on any atom is -0.478 e. The molecule has 82 valence electrons. The van der Waals surface area contributed by atoms with E-state index in [9.17, 15) is 9.59 Å². The smallest absolute Gasteiger partial charge is 0.328 e. The second-order valence-electron chi connectivity index (χ2n) is 1.79. The third kappa shape index (κ3) is 31.7. The van der Waals surface area contributed by atoms with Crippen LogP contribution in [-0.4, -0.2) is 33.9 Å². The monoisotopic (exact) mass is 304 g/mol. The molecule has 0 rings (SSSR count). The molecule has 0 saturated carbocycles. The van der Waals surface area contributed by atoms with Crippen molar-refractivity contribution >= 4 is 35.1 Å². The van der Waals surface area contributed by atoms with Gasteiger partial charge in [0, 0.05) is 43.4 Å². The average Bonchev–Trinajstić information content (AvgIpc) is 2.12. The number of alkyl halides is 2. The van der Waals surface area contributed by atoms with Crippen LogP contribution < -0.4 is 0 Å². The Kier molecular flexibility index (Phi) is 21.5. The molecule has 0 aliphatic rings. The van der Waals surface area contributed by atoms with Crippen molar-refractivity contribution < 1.29 is 39.3 Å². The van der Waals surface area contributed by atoms with Crippen LogP contribution in [-0.2, 0) is 29.1 Å². The Morgan fingerprint density at radius 2 is 1.20 bits per heavy atom. The molecule has 4 nitrogen and oxygen atoms in total. The summed E-state index contributed by atoms with van der Waals surface area (Å²) in [6.07, 6.45) is 4.74. The van der Waals surface area contributed by atoms with Gasteiger partial charge in [0.25, 0.3) is 0 Å². The van der Waals surface area contributed by atoms with E-state index in [1.165, 1.54) is 12.2 Å². The minimum atomic E-state index is -0.958. The van der Waals surface area contributed by atoms with Crippen LogP contribution in [0.25, 0.3) is 0 Å². The summed E-state index contributed by atoms with van der Waals surface area (Å²) in [6, 6.07) is 0. The Bertz CT molecular complexity index is 205. The summed E-state index contributed by atoms with van der Waals surface area (Å²) in [5.74, 6) is -1.40. The third-order valence-corrected chi connectivity index (χ3v) is 1.06. The van der Waals surface area contributed by atoms with E-state index in [-0.39, 0.29) is 31.2 Å². The molecule has 0 aromatic rings. The molecule has 0 amide bonds. The summed E-state index contributed by atoms with van der Waals surface area (Å²) < 4.78 is 0. The quantitative estimate of drug-likeness (QED) is 0.471. The average molecular weight is 306 g/mol. The van der Waals surface area contributed by atoms with Crippen molar-refractivity contribution in [3.63, 3.8) is 0 Å². The van der Waals surface area contributed by atoms with Crippen LogP contribution in [0.3, 0.4) is 0 Å². The van der Waals surface area contributed by atoms with Crippen molar-refractivity contribution in [1.29, 1.82) is 0 Å². The third-order valence-electron chi connectivity index (χ3n) is 0.699. The summed E-state index contributed by atoms with van der Waals surface area (Å²) in [5, 5.41) is 15.8. The van der Waals surface area contributed by atoms with E-state index in [0.717, 1.165) is 12.2 Å². The number of hydrogen-bond donors (Lipinski definition) is 2. The number of carboxylic acid groups (broad SMARTS) is 2. The first-order valence-corrected chi connectivity index (χ1v) is 4.52. The maximum absolute atomic E-state index is 9.61. The first-order chi connectivity index (χ1) is 6.54. The van der Waals surface area contributed by atoms with E-state index in [2.05, 4.69) is 0 Å². The molecule has 0 bridgehead atoms. The van der Waals surface area contributed by atoms with Crippen molar-refractivity contribution in [3.05, 3.63) is 24.3 Å². The van der Waals surface area contributed by atoms with Crippen LogP contribution in [0.1, 0.15) is 0 Å². The van der Waals surface area contributed by atoms with Gasteiger partial charge in [0.2, 0.25) is 0 Å². The molecule has 0 unspecified atom stereocenters. The molecule has 0 aliphatic heterocycles. The second kappa shape index (κ2) is 16.1. The number of hydrogen-bond acceptors (Lipinski definition) is 2. The van der Waals surface area contributed by atoms with Gasteiger partial charge in [-0.3, -0.25) is 0 Å². The van der Waals surface area contributed by atoms with Gasteiger partial charge in [-0.05, 0) is 0 Å². The van der Waals surface area contributed by atoms with Gasteiger partial charge in [-0.1, -0.05) is 12.2 Å². The Labute approximate surface area is 110 Å². The molecule has 15 heavy (non-hydrogen) atoms. The molecular formula is C8H10Cl2O4Zn. The molecule has 0 atom stereocenters. The van der Waals surface area contributed by atoms with E-state index < -0.39 is 11.9 Å². The Morgan fingerprint density at radius 3 is 1.27 bits per heavy atom. The van der Waals surface area contributed by atoms with Gasteiger partial charge in [-0.25, -0.2) is 9.59 Å². The molecule has 7 heteroatoms. The SMILES string of the molecule is O=C(O)/C=C/CCl.O=C(O)/C=C/CCl.[Zn]. The van der Waals surface area contributed by atoms with Gasteiger partial charge in [-0.2, -0.15) is 0 Å². The first-order valence-electron chi connectivity index (χ1n) is 3.45. The van der Waals surface area contributed by atoms with Crippen LogP contribution in [0.4, 0.5) is 0 Å². The van der Waals surface area contributed by atoms with E-state index in [0.29, 0.717) is 0 Å². The largest absolute Gasteiger partial charge is 0.478 e. The number of allylic oxidation sites excluding steroid dienone is 2. The Morgan fingerprint density at radius 1 is 0.933 bits per heavy atom. The summed E-state index contributed by atoms with van der Waals surface area (Å²) in [4.78, 5) is 19.2. The van der Waals surface area contributed by atoms with Gasteiger partial charge in [-0.15, -0.1) is 23.2 Å². The molecule has 2 N–H and O–H groups in total. The topological polar surface area (TPSA) is 74.6 Å². The zero-order valence-electron chi connectivity index (χ0n) is 7.90. The minimum absolute atomic E-state index is 0. The molecule has 0 heterocycles. The molecule has 0 aliphatic carbocycles. The molecule has 0 saturated heterocycles. The molecule has 0 fully saturated rings. The first kappa shape index (κ1) is 20.1. The van der Waals surface area contributed by atoms with E-state index in [1.807, 2.05) is 0 Å². The predicted molar refractivity (Wildman–Crippen MR) is 55.0 cm³/mol. The van der Waals surface area contributed by atoms with E-state index in [1.54, 1.807) is 0 Å². The molecule has 0 radical (unpaired) electrons. The maximum Gasteiger partial charge on any atom is 0.328 e. The maximum atomic E-state index is 9.61. The van der Waals surface area contributed by atoms with Crippen molar-refractivity contribution in [2.24, 2.45) is 0 Å². The van der Waals surface area contributed by atoms with E-state index >= 15 is 0 Å². The summed E-state index contributed by atoms with van der Waals surface area (Å²) in [5.41, 5.74) is 0. The normalized spacial score (nSPS) is 9.20. The van der Waals surface area contributed by atoms with Crippen LogP contribution in [0.15, 0.2) is 24.3 Å². The summed E-state index contributed by atoms with van der Waals surface area (Å²) >= 11 is 10.2. The zero-order chi connectivity index (χ0) is 11.4. The number of halogens is 2. The second-order valence-corrected chi connectivity index (χ2v) is 2.41. The fourth-order valence-electron chi connectivity index (χ4n) is 0.291. The van der Waals surface area contributed by atoms with Crippen molar-refractivity contribution in [1.82, 2.24) is 0 Å². The standard InChI is InChI=1S/2C4H5ClO2.Zn/c2*5-3-1-2-4(6)7;/h2*1-2H,3H2,(H,6,7);/b2*2-1+;. The van der Waals surface area contributed by atoms with Gasteiger partial charge < -0.3 is 10.2 Å². The van der Waals surface area contributed by atoms with Crippen LogP contribution in [0.2, 0.25) is 0 Å². The fraction of sp³-hybridized carbons (Fsp3) is 0.250. The fourth-order valence-corrected chi connectivity index (χ4v) is 0.469. The van der Waals surface area contributed by atoms with Crippen LogP contribution in [0.5, 0.6) is 0 Å². The van der Waals surface area contributed by atoms with Crippen molar-refractivity contribution in [2.45, 2.75) is 0 Å². The summed E-state index contributed by atoms with van der Waals surface area (Å²) in [7, 11) is 0. The number of rotatable bonds is 4. The zero-order valence-corrected chi connectivity index (χ0v) is 12.4. The summed E-state index contributed by atoms with van der Waals surface area (Å²) in [6.45, 7) is 0. The molecule has 0 spiro atoms. The van der Waals surface area contributed by atoms with E-state index in [4.69, 9.17) is 33.4 Å². The molecular weight excluding hydrogens is 296 g/mol. The van der Waals surface area contributed by atoms with Crippen molar-refractivity contribution in [2.75, 3.05) is 11.8 Å². The molecule has 0 aromatic carbocycles. The van der Waals surface area contributed by atoms with Gasteiger partial charge in [0.05, 0.1) is 0 Å². The predicted octanol–water partition coefficient (Wildman–Crippen LogP) is 1.73. The molecule has 0 aromatic heterocycles. The Balaban J connectivity index is -0.000000180. The van der Waals surface area contributed by atoms with Crippen LogP contribution >= 0.6 is 23.2 Å². The van der Waals surface area contributed by atoms with Crippen molar-refractivity contribution in [3.8, 4) is 0 Å². The number of aliphatic carboxylic acids is 2. The number of carbonyl (C=O) groups is 2. The van der Waals surface area contributed by atoms with Gasteiger partial charge >= 0.3 is 11.9 Å².